The minimum atomic E-state index is -0.212. The van der Waals surface area contributed by atoms with Gasteiger partial charge >= 0.3 is 0 Å². The van der Waals surface area contributed by atoms with E-state index >= 15 is 0 Å². The monoisotopic (exact) mass is 169 g/mol. The van der Waals surface area contributed by atoms with Gasteiger partial charge in [-0.25, -0.2) is 5.01 Å². The van der Waals surface area contributed by atoms with Crippen LogP contribution >= 0.6 is 0 Å². The third-order valence-electron chi connectivity index (χ3n) is 2.56. The molecule has 0 aromatic rings. The molecule has 0 saturated carbocycles. The third-order valence-corrected chi connectivity index (χ3v) is 2.56. The first-order chi connectivity index (χ1) is 5.68. The maximum absolute atomic E-state index is 11.2. The zero-order valence-corrected chi connectivity index (χ0v) is 6.62. The second kappa shape index (κ2) is 2.53. The molecule has 0 aromatic carbocycles. The highest BCUT2D eigenvalue weighted by Crippen LogP contribution is 2.26. The Morgan fingerprint density at radius 3 is 2.75 bits per heavy atom. The van der Waals surface area contributed by atoms with Crippen molar-refractivity contribution in [2.75, 3.05) is 13.1 Å². The Kier molecular flexibility index (Phi) is 1.62. The zero-order valence-electron chi connectivity index (χ0n) is 6.62. The van der Waals surface area contributed by atoms with Gasteiger partial charge in [-0.15, -0.1) is 0 Å². The van der Waals surface area contributed by atoms with Crippen LogP contribution in [-0.4, -0.2) is 29.9 Å². The first-order valence-electron chi connectivity index (χ1n) is 4.03. The van der Waals surface area contributed by atoms with Gasteiger partial charge in [0.15, 0.2) is 0 Å². The van der Waals surface area contributed by atoms with Crippen molar-refractivity contribution in [1.82, 2.24) is 10.3 Å². The number of carbonyl (C=O) groups excluding carboxylic acids is 2. The molecule has 2 aliphatic rings. The number of hydrogen-bond acceptors (Lipinski definition) is 4. The lowest BCUT2D eigenvalue weighted by atomic mass is 9.88. The van der Waals surface area contributed by atoms with Gasteiger partial charge in [-0.2, -0.15) is 0 Å². The van der Waals surface area contributed by atoms with E-state index in [4.69, 9.17) is 5.84 Å². The van der Waals surface area contributed by atoms with Gasteiger partial charge in [-0.05, 0) is 6.42 Å². The Bertz CT molecular complexity index is 241. The number of imide groups is 1. The molecule has 2 atom stereocenters. The fourth-order valence-corrected chi connectivity index (χ4v) is 1.86. The third kappa shape index (κ3) is 1.02. The lowest BCUT2D eigenvalue weighted by molar-refractivity contribution is -0.126. The Balaban J connectivity index is 2.17. The van der Waals surface area contributed by atoms with E-state index in [0.717, 1.165) is 0 Å². The number of carbonyl (C=O) groups is 2. The molecule has 2 fully saturated rings. The minimum absolute atomic E-state index is 0.127. The largest absolute Gasteiger partial charge is 0.296 e. The Morgan fingerprint density at radius 2 is 2.00 bits per heavy atom. The van der Waals surface area contributed by atoms with Gasteiger partial charge in [0.1, 0.15) is 0 Å². The molecular formula is C7H11N3O2. The van der Waals surface area contributed by atoms with Gasteiger partial charge in [0, 0.05) is 13.1 Å². The van der Waals surface area contributed by atoms with Crippen LogP contribution in [0.15, 0.2) is 0 Å². The molecule has 0 unspecified atom stereocenters. The number of rotatable bonds is 0. The summed E-state index contributed by atoms with van der Waals surface area (Å²) in [5.41, 5.74) is 0. The molecule has 2 rings (SSSR count). The second-order valence-corrected chi connectivity index (χ2v) is 3.35. The van der Waals surface area contributed by atoms with Crippen LogP contribution < -0.4 is 11.2 Å². The van der Waals surface area contributed by atoms with Crippen LogP contribution in [0.3, 0.4) is 0 Å². The van der Waals surface area contributed by atoms with Crippen molar-refractivity contribution in [2.45, 2.75) is 6.42 Å². The van der Waals surface area contributed by atoms with Gasteiger partial charge < -0.3 is 0 Å². The number of amides is 2. The fourth-order valence-electron chi connectivity index (χ4n) is 1.86. The van der Waals surface area contributed by atoms with Crippen molar-refractivity contribution in [1.29, 1.82) is 0 Å². The van der Waals surface area contributed by atoms with Crippen LogP contribution in [0.5, 0.6) is 0 Å². The van der Waals surface area contributed by atoms with E-state index in [9.17, 15) is 9.59 Å². The summed E-state index contributed by atoms with van der Waals surface area (Å²) in [5, 5.41) is 3.92. The predicted molar refractivity (Wildman–Crippen MR) is 40.5 cm³/mol. The number of hydrogen-bond donors (Lipinski definition) is 2. The minimum Gasteiger partial charge on any atom is -0.296 e. The molecule has 5 heteroatoms. The highest BCUT2D eigenvalue weighted by Gasteiger charge is 2.44. The van der Waals surface area contributed by atoms with Gasteiger partial charge in [-0.3, -0.25) is 20.7 Å². The average molecular weight is 169 g/mol. The summed E-state index contributed by atoms with van der Waals surface area (Å²) >= 11 is 0. The van der Waals surface area contributed by atoms with Crippen molar-refractivity contribution in [3.05, 3.63) is 0 Å². The van der Waals surface area contributed by atoms with Gasteiger partial charge in [-0.1, -0.05) is 0 Å². The first-order valence-corrected chi connectivity index (χ1v) is 4.03. The van der Waals surface area contributed by atoms with Gasteiger partial charge in [0.2, 0.25) is 11.8 Å². The van der Waals surface area contributed by atoms with Crippen LogP contribution in [0, 0.1) is 11.8 Å². The van der Waals surface area contributed by atoms with Gasteiger partial charge in [0.25, 0.3) is 0 Å². The molecular weight excluding hydrogens is 158 g/mol. The lowest BCUT2D eigenvalue weighted by Gasteiger charge is -2.28. The Labute approximate surface area is 69.9 Å². The van der Waals surface area contributed by atoms with Crippen molar-refractivity contribution in [3.63, 3.8) is 0 Å². The highest BCUT2D eigenvalue weighted by atomic mass is 16.2. The molecule has 2 amide bonds. The Morgan fingerprint density at radius 1 is 1.33 bits per heavy atom. The van der Waals surface area contributed by atoms with Gasteiger partial charge in [0.05, 0.1) is 11.8 Å². The summed E-state index contributed by atoms with van der Waals surface area (Å²) in [6.07, 6.45) is 0.693. The van der Waals surface area contributed by atoms with Crippen LogP contribution in [0.25, 0.3) is 0 Å². The maximum Gasteiger partial charge on any atom is 0.231 e. The smallest absolute Gasteiger partial charge is 0.231 e. The number of nitrogens with zero attached hydrogens (tertiary/aromatic N) is 1. The summed E-state index contributed by atoms with van der Waals surface area (Å²) in [5.74, 6) is 4.91. The summed E-state index contributed by atoms with van der Waals surface area (Å²) in [6, 6.07) is 0. The van der Waals surface area contributed by atoms with E-state index in [0.29, 0.717) is 19.5 Å². The van der Waals surface area contributed by atoms with Crippen LogP contribution in [0.2, 0.25) is 0 Å². The number of nitrogens with one attached hydrogen (secondary N) is 1. The second-order valence-electron chi connectivity index (χ2n) is 3.35. The van der Waals surface area contributed by atoms with Crippen molar-refractivity contribution < 1.29 is 9.59 Å². The quantitative estimate of drug-likeness (QED) is 0.340. The first kappa shape index (κ1) is 7.70. The molecule has 12 heavy (non-hydrogen) atoms. The molecule has 2 saturated heterocycles. The SMILES string of the molecule is NN1CC[C@@H]2C(=O)NC(=O)[C@H]2C1. The molecule has 66 valence electrons. The molecule has 5 nitrogen and oxygen atoms in total. The van der Waals surface area contributed by atoms with E-state index in [1.54, 1.807) is 5.01 Å². The standard InChI is InChI=1S/C7H11N3O2/c8-10-2-1-4-5(3-10)7(12)9-6(4)11/h4-5H,1-3,8H2,(H,9,11,12)/t4-,5-/m0/s1. The predicted octanol–water partition coefficient (Wildman–Crippen LogP) is -1.55. The summed E-state index contributed by atoms with van der Waals surface area (Å²) < 4.78 is 0. The molecule has 0 aliphatic carbocycles. The molecule has 3 N–H and O–H groups in total. The lowest BCUT2D eigenvalue weighted by Crippen LogP contribution is -2.45. The van der Waals surface area contributed by atoms with E-state index in [-0.39, 0.29) is 23.7 Å². The number of hydrazine groups is 1. The summed E-state index contributed by atoms with van der Waals surface area (Å²) in [7, 11) is 0. The number of nitrogens with two attached hydrogens (primary N) is 1. The molecule has 2 aliphatic heterocycles. The molecule has 0 spiro atoms. The van der Waals surface area contributed by atoms with Crippen LogP contribution in [-0.2, 0) is 9.59 Å². The highest BCUT2D eigenvalue weighted by molar-refractivity contribution is 6.05. The van der Waals surface area contributed by atoms with Crippen LogP contribution in [0.1, 0.15) is 6.42 Å². The summed E-state index contributed by atoms with van der Waals surface area (Å²) in [6.45, 7) is 1.20. The molecule has 0 radical (unpaired) electrons. The normalized spacial score (nSPS) is 36.4. The molecule has 0 aromatic heterocycles. The van der Waals surface area contributed by atoms with Crippen molar-refractivity contribution in [3.8, 4) is 0 Å². The maximum atomic E-state index is 11.2. The number of piperidine rings is 1. The molecule has 2 heterocycles. The summed E-state index contributed by atoms with van der Waals surface area (Å²) in [4.78, 5) is 22.3. The topological polar surface area (TPSA) is 75.4 Å². The average Bonchev–Trinajstić information content (AvgIpc) is 2.28. The van der Waals surface area contributed by atoms with E-state index < -0.39 is 0 Å². The Hall–Kier alpha value is -0.940. The van der Waals surface area contributed by atoms with E-state index in [2.05, 4.69) is 5.32 Å². The van der Waals surface area contributed by atoms with Crippen LogP contribution in [0.4, 0.5) is 0 Å². The number of fused-ring (bicyclic) bond motifs is 1. The van der Waals surface area contributed by atoms with E-state index in [1.165, 1.54) is 0 Å². The zero-order chi connectivity index (χ0) is 8.72. The fraction of sp³-hybridized carbons (Fsp3) is 0.714. The van der Waals surface area contributed by atoms with Crippen molar-refractivity contribution in [2.24, 2.45) is 17.7 Å². The molecule has 0 bridgehead atoms. The van der Waals surface area contributed by atoms with E-state index in [1.807, 2.05) is 0 Å². The van der Waals surface area contributed by atoms with Crippen molar-refractivity contribution >= 4 is 11.8 Å².